The normalized spacial score (nSPS) is 15.3. The first-order valence-corrected chi connectivity index (χ1v) is 9.52. The minimum atomic E-state index is -0.414. The van der Waals surface area contributed by atoms with Gasteiger partial charge < -0.3 is 16.0 Å². The molecule has 0 radical (unpaired) electrons. The van der Waals surface area contributed by atoms with Crippen molar-refractivity contribution in [2.24, 2.45) is 5.92 Å². The smallest absolute Gasteiger partial charge is 0.248 e. The summed E-state index contributed by atoms with van der Waals surface area (Å²) in [6, 6.07) is 8.59. The van der Waals surface area contributed by atoms with E-state index in [-0.39, 0.29) is 24.2 Å². The van der Waals surface area contributed by atoms with Crippen LogP contribution in [0.2, 0.25) is 0 Å². The van der Waals surface area contributed by atoms with Gasteiger partial charge in [0.15, 0.2) is 0 Å². The highest BCUT2D eigenvalue weighted by molar-refractivity contribution is 5.95. The first kappa shape index (κ1) is 21.9. The maximum Gasteiger partial charge on any atom is 0.248 e. The Kier molecular flexibility index (Phi) is 8.47. The molecule has 152 valence electrons. The molecule has 1 saturated heterocycles. The number of rotatable bonds is 7. The number of nitrogens with zero attached hydrogens (tertiary/aromatic N) is 2. The lowest BCUT2D eigenvalue weighted by Crippen LogP contribution is -2.28. The second-order valence-corrected chi connectivity index (χ2v) is 7.01. The van der Waals surface area contributed by atoms with Gasteiger partial charge in [0.1, 0.15) is 6.04 Å². The number of aromatic nitrogens is 2. The lowest BCUT2D eigenvalue weighted by Gasteiger charge is -2.22. The molecule has 2 aromatic rings. The molecule has 1 aromatic carbocycles. The van der Waals surface area contributed by atoms with E-state index in [0.717, 1.165) is 32.4 Å². The van der Waals surface area contributed by atoms with Gasteiger partial charge in [-0.05, 0) is 69.5 Å². The monoisotopic (exact) mass is 405 g/mol. The Morgan fingerprint density at radius 3 is 2.61 bits per heavy atom. The fourth-order valence-corrected chi connectivity index (χ4v) is 3.28. The van der Waals surface area contributed by atoms with Crippen LogP contribution in [0.3, 0.4) is 0 Å². The van der Waals surface area contributed by atoms with Gasteiger partial charge >= 0.3 is 0 Å². The largest absolute Gasteiger partial charge is 0.326 e. The van der Waals surface area contributed by atoms with E-state index >= 15 is 0 Å². The summed E-state index contributed by atoms with van der Waals surface area (Å²) in [4.78, 5) is 24.6. The van der Waals surface area contributed by atoms with Crippen LogP contribution in [0.4, 0.5) is 11.4 Å². The third kappa shape index (κ3) is 6.35. The third-order valence-electron chi connectivity index (χ3n) is 4.95. The molecule has 1 atom stereocenters. The molecule has 0 bridgehead atoms. The highest BCUT2D eigenvalue weighted by Gasteiger charge is 2.16. The van der Waals surface area contributed by atoms with Gasteiger partial charge in [0.2, 0.25) is 11.8 Å². The van der Waals surface area contributed by atoms with Gasteiger partial charge in [0.25, 0.3) is 0 Å². The highest BCUT2D eigenvalue weighted by atomic mass is 35.5. The number of benzene rings is 1. The topological polar surface area (TPSA) is 88.0 Å². The second-order valence-electron chi connectivity index (χ2n) is 7.01. The standard InChI is InChI=1S/C20H27N5O2.ClH/c1-15(25-13-3-10-22-25)20(27)24-18-5-2-4-17(14-18)23-19(26)7-6-16-8-11-21-12-9-16;/h2-5,10,13-16,21H,6-9,11-12H2,1H3,(H,23,26)(H,24,27);1H. The van der Waals surface area contributed by atoms with E-state index in [1.807, 2.05) is 12.1 Å². The molecule has 7 nitrogen and oxygen atoms in total. The Bertz CT molecular complexity index is 760. The summed E-state index contributed by atoms with van der Waals surface area (Å²) in [5.41, 5.74) is 1.34. The molecule has 1 aromatic heterocycles. The first-order chi connectivity index (χ1) is 13.1. The van der Waals surface area contributed by atoms with E-state index in [4.69, 9.17) is 0 Å². The molecule has 8 heteroatoms. The van der Waals surface area contributed by atoms with Crippen molar-refractivity contribution >= 4 is 35.6 Å². The fraction of sp³-hybridized carbons (Fsp3) is 0.450. The molecule has 0 saturated carbocycles. The van der Waals surface area contributed by atoms with Gasteiger partial charge in [0, 0.05) is 30.2 Å². The summed E-state index contributed by atoms with van der Waals surface area (Å²) < 4.78 is 1.60. The number of hydrogen-bond acceptors (Lipinski definition) is 4. The summed E-state index contributed by atoms with van der Waals surface area (Å²) in [7, 11) is 0. The predicted molar refractivity (Wildman–Crippen MR) is 113 cm³/mol. The number of halogens is 1. The van der Waals surface area contributed by atoms with E-state index in [1.165, 1.54) is 0 Å². The minimum absolute atomic E-state index is 0. The highest BCUT2D eigenvalue weighted by Crippen LogP contribution is 2.20. The average molecular weight is 406 g/mol. The molecule has 2 amide bonds. The molecular formula is C20H28ClN5O2. The molecule has 1 unspecified atom stereocenters. The molecule has 0 spiro atoms. The van der Waals surface area contributed by atoms with Crippen molar-refractivity contribution in [3.8, 4) is 0 Å². The SMILES string of the molecule is CC(C(=O)Nc1cccc(NC(=O)CCC2CCNCC2)c1)n1cccn1.Cl. The number of hydrogen-bond donors (Lipinski definition) is 3. The van der Waals surface area contributed by atoms with Crippen molar-refractivity contribution < 1.29 is 9.59 Å². The maximum absolute atomic E-state index is 12.4. The Hall–Kier alpha value is -2.38. The summed E-state index contributed by atoms with van der Waals surface area (Å²) >= 11 is 0. The van der Waals surface area contributed by atoms with Crippen molar-refractivity contribution in [2.75, 3.05) is 23.7 Å². The van der Waals surface area contributed by atoms with Crippen LogP contribution in [-0.4, -0.2) is 34.7 Å². The Labute approximate surface area is 171 Å². The van der Waals surface area contributed by atoms with Crippen molar-refractivity contribution in [1.82, 2.24) is 15.1 Å². The van der Waals surface area contributed by atoms with Crippen LogP contribution in [0.5, 0.6) is 0 Å². The summed E-state index contributed by atoms with van der Waals surface area (Å²) in [5.74, 6) is 0.487. The number of carbonyl (C=O) groups excluding carboxylic acids is 2. The molecule has 1 aliphatic rings. The molecular weight excluding hydrogens is 378 g/mol. The molecule has 28 heavy (non-hydrogen) atoms. The molecule has 3 N–H and O–H groups in total. The zero-order valence-electron chi connectivity index (χ0n) is 16.1. The summed E-state index contributed by atoms with van der Waals surface area (Å²) in [6.07, 6.45) is 7.13. The zero-order chi connectivity index (χ0) is 19.1. The molecule has 3 rings (SSSR count). The number of carbonyl (C=O) groups is 2. The van der Waals surface area contributed by atoms with Gasteiger partial charge in [-0.2, -0.15) is 5.10 Å². The Morgan fingerprint density at radius 2 is 1.93 bits per heavy atom. The van der Waals surface area contributed by atoms with Crippen molar-refractivity contribution in [3.05, 3.63) is 42.7 Å². The van der Waals surface area contributed by atoms with Gasteiger partial charge in [-0.25, -0.2) is 0 Å². The zero-order valence-corrected chi connectivity index (χ0v) is 16.9. The molecule has 0 aliphatic carbocycles. The van der Waals surface area contributed by atoms with Crippen LogP contribution in [0.1, 0.15) is 38.6 Å². The van der Waals surface area contributed by atoms with E-state index in [1.54, 1.807) is 42.2 Å². The van der Waals surface area contributed by atoms with E-state index in [9.17, 15) is 9.59 Å². The van der Waals surface area contributed by atoms with Gasteiger partial charge in [-0.1, -0.05) is 6.07 Å². The Balaban J connectivity index is 0.00000280. The van der Waals surface area contributed by atoms with Crippen LogP contribution >= 0.6 is 12.4 Å². The van der Waals surface area contributed by atoms with Crippen LogP contribution in [0, 0.1) is 5.92 Å². The molecule has 1 fully saturated rings. The van der Waals surface area contributed by atoms with Gasteiger partial charge in [-0.3, -0.25) is 14.3 Å². The molecule has 2 heterocycles. The van der Waals surface area contributed by atoms with Crippen molar-refractivity contribution in [1.29, 1.82) is 0 Å². The van der Waals surface area contributed by atoms with E-state index < -0.39 is 6.04 Å². The van der Waals surface area contributed by atoms with Crippen LogP contribution < -0.4 is 16.0 Å². The van der Waals surface area contributed by atoms with E-state index in [2.05, 4.69) is 21.0 Å². The predicted octanol–water partition coefficient (Wildman–Crippen LogP) is 3.22. The average Bonchev–Trinajstić information content (AvgIpc) is 3.21. The van der Waals surface area contributed by atoms with Gasteiger partial charge in [0.05, 0.1) is 0 Å². The summed E-state index contributed by atoms with van der Waals surface area (Å²) in [5, 5.41) is 13.2. The summed E-state index contributed by atoms with van der Waals surface area (Å²) in [6.45, 7) is 3.88. The van der Waals surface area contributed by atoms with Gasteiger partial charge in [-0.15, -0.1) is 12.4 Å². The lowest BCUT2D eigenvalue weighted by molar-refractivity contribution is -0.119. The number of anilines is 2. The number of nitrogens with one attached hydrogen (secondary N) is 3. The Morgan fingerprint density at radius 1 is 1.21 bits per heavy atom. The number of piperidine rings is 1. The maximum atomic E-state index is 12.4. The fourth-order valence-electron chi connectivity index (χ4n) is 3.28. The van der Waals surface area contributed by atoms with Crippen molar-refractivity contribution in [2.45, 2.75) is 38.6 Å². The quantitative estimate of drug-likeness (QED) is 0.659. The van der Waals surface area contributed by atoms with Crippen LogP contribution in [0.15, 0.2) is 42.7 Å². The van der Waals surface area contributed by atoms with Crippen molar-refractivity contribution in [3.63, 3.8) is 0 Å². The number of amides is 2. The van der Waals surface area contributed by atoms with Crippen LogP contribution in [-0.2, 0) is 9.59 Å². The van der Waals surface area contributed by atoms with Crippen LogP contribution in [0.25, 0.3) is 0 Å². The third-order valence-corrected chi connectivity index (χ3v) is 4.95. The minimum Gasteiger partial charge on any atom is -0.326 e. The van der Waals surface area contributed by atoms with E-state index in [0.29, 0.717) is 23.7 Å². The molecule has 1 aliphatic heterocycles. The first-order valence-electron chi connectivity index (χ1n) is 9.52. The second kappa shape index (κ2) is 10.8. The lowest BCUT2D eigenvalue weighted by atomic mass is 9.93.